The first-order valence-electron chi connectivity index (χ1n) is 5.37. The fraction of sp³-hybridized carbons (Fsp3) is 0.385. The normalized spacial score (nSPS) is 10.7. The molecule has 0 amide bonds. The number of halogens is 1. The van der Waals surface area contributed by atoms with Crippen molar-refractivity contribution in [1.82, 2.24) is 0 Å². The van der Waals surface area contributed by atoms with Crippen LogP contribution in [0.25, 0.3) is 0 Å². The molecule has 0 heterocycles. The summed E-state index contributed by atoms with van der Waals surface area (Å²) in [6, 6.07) is 1.53. The third-order valence-electron chi connectivity index (χ3n) is 2.71. The zero-order valence-electron chi connectivity index (χ0n) is 10.8. The minimum Gasteiger partial charge on any atom is -0.480 e. The van der Waals surface area contributed by atoms with E-state index in [1.807, 2.05) is 6.92 Å². The number of rotatable bonds is 3. The van der Waals surface area contributed by atoms with Gasteiger partial charge in [-0.1, -0.05) is 5.92 Å². The molecule has 18 heavy (non-hydrogen) atoms. The maximum atomic E-state index is 11.4. The zero-order chi connectivity index (χ0) is 13.9. The van der Waals surface area contributed by atoms with Crippen LogP contribution < -0.4 is 4.74 Å². The van der Waals surface area contributed by atoms with E-state index in [0.29, 0.717) is 11.3 Å². The molecule has 0 bridgehead atoms. The highest BCUT2D eigenvalue weighted by atomic mass is 35.7. The molecule has 5 heteroatoms. The molecule has 0 aromatic heterocycles. The van der Waals surface area contributed by atoms with E-state index in [1.54, 1.807) is 20.8 Å². The molecule has 3 nitrogen and oxygen atoms in total. The lowest BCUT2D eigenvalue weighted by atomic mass is 10.1. The van der Waals surface area contributed by atoms with Crippen molar-refractivity contribution >= 4 is 19.7 Å². The van der Waals surface area contributed by atoms with E-state index < -0.39 is 9.05 Å². The van der Waals surface area contributed by atoms with Crippen molar-refractivity contribution in [3.05, 3.63) is 22.8 Å². The van der Waals surface area contributed by atoms with Crippen LogP contribution in [0.1, 0.15) is 23.6 Å². The summed E-state index contributed by atoms with van der Waals surface area (Å²) in [4.78, 5) is 0.132. The van der Waals surface area contributed by atoms with Gasteiger partial charge in [0.15, 0.2) is 0 Å². The maximum absolute atomic E-state index is 11.4. The summed E-state index contributed by atoms with van der Waals surface area (Å²) >= 11 is 0. The maximum Gasteiger partial charge on any atom is 0.261 e. The average Bonchev–Trinajstić information content (AvgIpc) is 2.26. The van der Waals surface area contributed by atoms with Crippen LogP contribution in [-0.2, 0) is 9.05 Å². The standard InChI is InChI=1S/C13H15ClO3S/c1-5-6-7-17-13-9(2)8-12(18(14,15)16)10(3)11(13)4/h8H,7H2,1-4H3. The Kier molecular flexibility index (Phi) is 4.66. The van der Waals surface area contributed by atoms with Crippen molar-refractivity contribution in [2.75, 3.05) is 6.61 Å². The Morgan fingerprint density at radius 2 is 1.89 bits per heavy atom. The van der Waals surface area contributed by atoms with Crippen LogP contribution in [0.15, 0.2) is 11.0 Å². The number of hydrogen-bond donors (Lipinski definition) is 0. The predicted molar refractivity (Wildman–Crippen MR) is 72.6 cm³/mol. The SMILES string of the molecule is CC#CCOc1c(C)cc(S(=O)(=O)Cl)c(C)c1C. The topological polar surface area (TPSA) is 43.4 Å². The van der Waals surface area contributed by atoms with Gasteiger partial charge in [0.2, 0.25) is 0 Å². The zero-order valence-corrected chi connectivity index (χ0v) is 12.4. The number of ether oxygens (including phenoxy) is 1. The summed E-state index contributed by atoms with van der Waals surface area (Å²) in [6.07, 6.45) is 0. The van der Waals surface area contributed by atoms with Crippen LogP contribution in [0.5, 0.6) is 5.75 Å². The van der Waals surface area contributed by atoms with E-state index >= 15 is 0 Å². The predicted octanol–water partition coefficient (Wildman–Crippen LogP) is 2.94. The quantitative estimate of drug-likeness (QED) is 0.634. The largest absolute Gasteiger partial charge is 0.480 e. The van der Waals surface area contributed by atoms with E-state index in [2.05, 4.69) is 11.8 Å². The van der Waals surface area contributed by atoms with Gasteiger partial charge in [0.25, 0.3) is 9.05 Å². The molecular weight excluding hydrogens is 272 g/mol. The van der Waals surface area contributed by atoms with Gasteiger partial charge < -0.3 is 4.74 Å². The Labute approximate surface area is 113 Å². The van der Waals surface area contributed by atoms with Gasteiger partial charge in [0.05, 0.1) is 4.90 Å². The molecule has 0 fully saturated rings. The third kappa shape index (κ3) is 3.18. The van der Waals surface area contributed by atoms with Crippen molar-refractivity contribution in [3.8, 4) is 17.6 Å². The Hall–Kier alpha value is -1.18. The molecule has 1 aromatic rings. The van der Waals surface area contributed by atoms with E-state index in [4.69, 9.17) is 15.4 Å². The first kappa shape index (κ1) is 14.9. The second-order valence-electron chi connectivity index (χ2n) is 3.92. The van der Waals surface area contributed by atoms with Crippen molar-refractivity contribution < 1.29 is 13.2 Å². The van der Waals surface area contributed by atoms with Gasteiger partial charge in [-0.2, -0.15) is 0 Å². The minimum atomic E-state index is -3.73. The summed E-state index contributed by atoms with van der Waals surface area (Å²) in [5.74, 6) is 6.20. The van der Waals surface area contributed by atoms with Gasteiger partial charge >= 0.3 is 0 Å². The van der Waals surface area contributed by atoms with Gasteiger partial charge in [-0.3, -0.25) is 0 Å². The fourth-order valence-corrected chi connectivity index (χ4v) is 2.99. The second-order valence-corrected chi connectivity index (χ2v) is 6.46. The first-order valence-corrected chi connectivity index (χ1v) is 7.67. The molecule has 1 aromatic carbocycles. The van der Waals surface area contributed by atoms with Crippen LogP contribution in [0, 0.1) is 32.6 Å². The number of aryl methyl sites for hydroxylation is 1. The second kappa shape index (κ2) is 5.64. The van der Waals surface area contributed by atoms with Crippen LogP contribution >= 0.6 is 10.7 Å². The monoisotopic (exact) mass is 286 g/mol. The molecule has 0 saturated heterocycles. The Morgan fingerprint density at radius 3 is 2.39 bits per heavy atom. The molecular formula is C13H15ClO3S. The Morgan fingerprint density at radius 1 is 1.28 bits per heavy atom. The smallest absolute Gasteiger partial charge is 0.261 e. The number of benzene rings is 1. The van der Waals surface area contributed by atoms with Crippen LogP contribution in [0.3, 0.4) is 0 Å². The van der Waals surface area contributed by atoms with E-state index in [1.165, 1.54) is 6.07 Å². The van der Waals surface area contributed by atoms with Crippen LogP contribution in [0.4, 0.5) is 0 Å². The molecule has 0 atom stereocenters. The van der Waals surface area contributed by atoms with Gasteiger partial charge in [0.1, 0.15) is 12.4 Å². The lowest BCUT2D eigenvalue weighted by Gasteiger charge is -2.14. The first-order chi connectivity index (χ1) is 8.29. The van der Waals surface area contributed by atoms with Crippen molar-refractivity contribution in [2.24, 2.45) is 0 Å². The van der Waals surface area contributed by atoms with Gasteiger partial charge in [0, 0.05) is 10.7 Å². The van der Waals surface area contributed by atoms with Gasteiger partial charge in [-0.15, -0.1) is 5.92 Å². The number of hydrogen-bond acceptors (Lipinski definition) is 3. The van der Waals surface area contributed by atoms with Crippen molar-refractivity contribution in [2.45, 2.75) is 32.6 Å². The molecule has 0 unspecified atom stereocenters. The van der Waals surface area contributed by atoms with Crippen molar-refractivity contribution in [1.29, 1.82) is 0 Å². The highest BCUT2D eigenvalue weighted by Crippen LogP contribution is 2.32. The molecule has 0 radical (unpaired) electrons. The summed E-state index contributed by atoms with van der Waals surface area (Å²) in [5.41, 5.74) is 2.11. The van der Waals surface area contributed by atoms with Gasteiger partial charge in [-0.25, -0.2) is 8.42 Å². The molecule has 0 saturated carbocycles. The van der Waals surface area contributed by atoms with Gasteiger partial charge in [-0.05, 0) is 50.5 Å². The van der Waals surface area contributed by atoms with E-state index in [0.717, 1.165) is 11.1 Å². The van der Waals surface area contributed by atoms with Crippen molar-refractivity contribution in [3.63, 3.8) is 0 Å². The molecule has 1 rings (SSSR count). The Balaban J connectivity index is 3.32. The summed E-state index contributed by atoms with van der Waals surface area (Å²) in [6.45, 7) is 7.32. The summed E-state index contributed by atoms with van der Waals surface area (Å²) < 4.78 is 28.4. The fourth-order valence-electron chi connectivity index (χ4n) is 1.68. The molecule has 0 aliphatic carbocycles. The molecule has 0 spiro atoms. The van der Waals surface area contributed by atoms with E-state index in [-0.39, 0.29) is 11.5 Å². The lowest BCUT2D eigenvalue weighted by Crippen LogP contribution is -2.04. The minimum absolute atomic E-state index is 0.132. The van der Waals surface area contributed by atoms with Crippen LogP contribution in [-0.4, -0.2) is 15.0 Å². The van der Waals surface area contributed by atoms with Crippen LogP contribution in [0.2, 0.25) is 0 Å². The molecule has 0 N–H and O–H groups in total. The highest BCUT2D eigenvalue weighted by molar-refractivity contribution is 8.13. The summed E-state index contributed by atoms with van der Waals surface area (Å²) in [7, 11) is 1.66. The lowest BCUT2D eigenvalue weighted by molar-refractivity contribution is 0.364. The Bertz CT molecular complexity index is 622. The average molecular weight is 287 g/mol. The summed E-state index contributed by atoms with van der Waals surface area (Å²) in [5, 5.41) is 0. The molecule has 0 aliphatic heterocycles. The third-order valence-corrected chi connectivity index (χ3v) is 4.15. The molecule has 0 aliphatic rings. The highest BCUT2D eigenvalue weighted by Gasteiger charge is 2.19. The van der Waals surface area contributed by atoms with E-state index in [9.17, 15) is 8.42 Å². The molecule has 98 valence electrons.